The van der Waals surface area contributed by atoms with Crippen LogP contribution >= 0.6 is 35.6 Å². The molecule has 20 heavy (non-hydrogen) atoms. The summed E-state index contributed by atoms with van der Waals surface area (Å²) in [6, 6.07) is 5.40. The van der Waals surface area contributed by atoms with Gasteiger partial charge >= 0.3 is 0 Å². The Morgan fingerprint density at radius 3 is 2.80 bits per heavy atom. The topological polar surface area (TPSA) is 41.1 Å². The minimum absolute atomic E-state index is 0. The van der Waals surface area contributed by atoms with Crippen molar-refractivity contribution < 1.29 is 4.79 Å². The van der Waals surface area contributed by atoms with Gasteiger partial charge in [0.1, 0.15) is 0 Å². The Hall–Kier alpha value is -0.480. The Kier molecular flexibility index (Phi) is 7.67. The fourth-order valence-corrected chi connectivity index (χ4v) is 2.75. The molecule has 0 spiro atoms. The van der Waals surface area contributed by atoms with E-state index in [2.05, 4.69) is 10.6 Å². The molecule has 1 amide bonds. The lowest BCUT2D eigenvalue weighted by Crippen LogP contribution is -2.47. The molecule has 1 fully saturated rings. The maximum absolute atomic E-state index is 11.9. The van der Waals surface area contributed by atoms with Crippen LogP contribution in [0.5, 0.6) is 0 Å². The first-order valence-corrected chi connectivity index (χ1v) is 7.37. The zero-order valence-electron chi connectivity index (χ0n) is 11.1. The molecule has 0 aliphatic carbocycles. The number of carbonyl (C=O) groups is 1. The molecule has 0 saturated carbocycles. The van der Waals surface area contributed by atoms with Crippen molar-refractivity contribution in [2.75, 3.05) is 13.1 Å². The monoisotopic (exact) mass is 336 g/mol. The summed E-state index contributed by atoms with van der Waals surface area (Å²) in [5.74, 6) is 0.0878. The van der Waals surface area contributed by atoms with Crippen LogP contribution in [-0.2, 0) is 11.2 Å². The Morgan fingerprint density at radius 2 is 2.15 bits per heavy atom. The zero-order valence-corrected chi connectivity index (χ0v) is 13.5. The predicted octanol–water partition coefficient (Wildman–Crippen LogP) is 3.22. The van der Waals surface area contributed by atoms with Crippen LogP contribution in [0, 0.1) is 0 Å². The van der Waals surface area contributed by atoms with Crippen molar-refractivity contribution in [2.24, 2.45) is 0 Å². The van der Waals surface area contributed by atoms with Crippen molar-refractivity contribution in [1.29, 1.82) is 0 Å². The second kappa shape index (κ2) is 8.73. The average Bonchev–Trinajstić information content (AvgIpc) is 2.42. The molecule has 1 aliphatic heterocycles. The fraction of sp³-hybridized carbons (Fsp3) is 0.500. The zero-order chi connectivity index (χ0) is 13.7. The first-order valence-electron chi connectivity index (χ1n) is 6.62. The molecule has 2 rings (SSSR count). The van der Waals surface area contributed by atoms with E-state index >= 15 is 0 Å². The highest BCUT2D eigenvalue weighted by atomic mass is 35.5. The van der Waals surface area contributed by atoms with Gasteiger partial charge in [0.2, 0.25) is 5.91 Å². The third kappa shape index (κ3) is 5.13. The highest BCUT2D eigenvalue weighted by Crippen LogP contribution is 2.21. The Bertz CT molecular complexity index is 448. The van der Waals surface area contributed by atoms with Crippen molar-refractivity contribution in [3.8, 4) is 0 Å². The summed E-state index contributed by atoms with van der Waals surface area (Å²) in [5.41, 5.74) is 1.00. The molecule has 1 aromatic rings. The van der Waals surface area contributed by atoms with Gasteiger partial charge in [0.25, 0.3) is 0 Å². The first-order chi connectivity index (χ1) is 9.16. The molecule has 0 unspecified atom stereocenters. The summed E-state index contributed by atoms with van der Waals surface area (Å²) in [5, 5.41) is 7.46. The molecule has 6 heteroatoms. The standard InChI is InChI=1S/C14H18Cl2N2O.ClH/c15-11-5-4-10(12(16)9-11)6-8-18-14(19)13-3-1-2-7-17-13;/h4-5,9,13,17H,1-3,6-8H2,(H,18,19);1H/t13-;/m0./s1. The van der Waals surface area contributed by atoms with Crippen molar-refractivity contribution in [3.63, 3.8) is 0 Å². The van der Waals surface area contributed by atoms with Gasteiger partial charge in [0.05, 0.1) is 6.04 Å². The SMILES string of the molecule is Cl.O=C(NCCc1ccc(Cl)cc1Cl)[C@@H]1CCCCN1. The van der Waals surface area contributed by atoms with Crippen molar-refractivity contribution in [1.82, 2.24) is 10.6 Å². The van der Waals surface area contributed by atoms with Crippen molar-refractivity contribution >= 4 is 41.5 Å². The molecule has 1 aromatic carbocycles. The lowest BCUT2D eigenvalue weighted by molar-refractivity contribution is -0.123. The van der Waals surface area contributed by atoms with Gasteiger partial charge in [-0.3, -0.25) is 4.79 Å². The van der Waals surface area contributed by atoms with Gasteiger partial charge in [-0.2, -0.15) is 0 Å². The maximum Gasteiger partial charge on any atom is 0.237 e. The quantitative estimate of drug-likeness (QED) is 0.886. The summed E-state index contributed by atoms with van der Waals surface area (Å²) in [7, 11) is 0. The number of benzene rings is 1. The molecule has 0 bridgehead atoms. The van der Waals surface area contributed by atoms with E-state index in [0.717, 1.165) is 31.4 Å². The van der Waals surface area contributed by atoms with E-state index in [1.807, 2.05) is 12.1 Å². The maximum atomic E-state index is 11.9. The van der Waals surface area contributed by atoms with Crippen molar-refractivity contribution in [2.45, 2.75) is 31.7 Å². The van der Waals surface area contributed by atoms with Crippen LogP contribution in [-0.4, -0.2) is 25.0 Å². The number of piperidine rings is 1. The first kappa shape index (κ1) is 17.6. The fourth-order valence-electron chi connectivity index (χ4n) is 2.24. The van der Waals surface area contributed by atoms with Gasteiger partial charge in [-0.05, 0) is 43.5 Å². The van der Waals surface area contributed by atoms with E-state index in [1.54, 1.807) is 6.07 Å². The van der Waals surface area contributed by atoms with Crippen LogP contribution < -0.4 is 10.6 Å². The minimum atomic E-state index is -0.0329. The molecule has 0 aromatic heterocycles. The van der Waals surface area contributed by atoms with Crippen LogP contribution in [0.4, 0.5) is 0 Å². The molecular formula is C14H19Cl3N2O. The van der Waals surface area contributed by atoms with Gasteiger partial charge < -0.3 is 10.6 Å². The third-order valence-corrected chi connectivity index (χ3v) is 3.92. The highest BCUT2D eigenvalue weighted by Gasteiger charge is 2.19. The third-order valence-electron chi connectivity index (χ3n) is 3.34. The van der Waals surface area contributed by atoms with E-state index in [-0.39, 0.29) is 24.4 Å². The molecule has 1 saturated heterocycles. The number of nitrogens with one attached hydrogen (secondary N) is 2. The number of hydrogen-bond donors (Lipinski definition) is 2. The highest BCUT2D eigenvalue weighted by molar-refractivity contribution is 6.35. The predicted molar refractivity (Wildman–Crippen MR) is 86.1 cm³/mol. The normalized spacial score (nSPS) is 18.2. The molecular weight excluding hydrogens is 319 g/mol. The largest absolute Gasteiger partial charge is 0.354 e. The second-order valence-electron chi connectivity index (χ2n) is 4.78. The van der Waals surface area contributed by atoms with Gasteiger partial charge in [-0.1, -0.05) is 35.7 Å². The molecule has 0 radical (unpaired) electrons. The number of rotatable bonds is 4. The molecule has 112 valence electrons. The average molecular weight is 338 g/mol. The Morgan fingerprint density at radius 1 is 1.35 bits per heavy atom. The number of carbonyl (C=O) groups excluding carboxylic acids is 1. The summed E-state index contributed by atoms with van der Waals surface area (Å²) in [4.78, 5) is 11.9. The summed E-state index contributed by atoms with van der Waals surface area (Å²) >= 11 is 11.9. The van der Waals surface area contributed by atoms with E-state index in [9.17, 15) is 4.79 Å². The smallest absolute Gasteiger partial charge is 0.237 e. The van der Waals surface area contributed by atoms with Gasteiger partial charge in [0.15, 0.2) is 0 Å². The molecule has 1 heterocycles. The van der Waals surface area contributed by atoms with Gasteiger partial charge in [-0.25, -0.2) is 0 Å². The molecule has 2 N–H and O–H groups in total. The van der Waals surface area contributed by atoms with Crippen LogP contribution in [0.2, 0.25) is 10.0 Å². The van der Waals surface area contributed by atoms with E-state index in [1.165, 1.54) is 0 Å². The number of amides is 1. The molecule has 1 atom stereocenters. The Balaban J connectivity index is 0.00000200. The van der Waals surface area contributed by atoms with Crippen molar-refractivity contribution in [3.05, 3.63) is 33.8 Å². The molecule has 1 aliphatic rings. The number of hydrogen-bond acceptors (Lipinski definition) is 2. The number of halogens is 3. The summed E-state index contributed by atoms with van der Waals surface area (Å²) in [6.07, 6.45) is 3.92. The molecule has 3 nitrogen and oxygen atoms in total. The van der Waals surface area contributed by atoms with Crippen LogP contribution in [0.1, 0.15) is 24.8 Å². The summed E-state index contributed by atoms with van der Waals surface area (Å²) < 4.78 is 0. The van der Waals surface area contributed by atoms with Crippen LogP contribution in [0.3, 0.4) is 0 Å². The minimum Gasteiger partial charge on any atom is -0.354 e. The lowest BCUT2D eigenvalue weighted by Gasteiger charge is -2.22. The van der Waals surface area contributed by atoms with Gasteiger partial charge in [-0.15, -0.1) is 12.4 Å². The van der Waals surface area contributed by atoms with E-state index in [4.69, 9.17) is 23.2 Å². The van der Waals surface area contributed by atoms with Crippen LogP contribution in [0.25, 0.3) is 0 Å². The van der Waals surface area contributed by atoms with Crippen LogP contribution in [0.15, 0.2) is 18.2 Å². The van der Waals surface area contributed by atoms with Gasteiger partial charge in [0, 0.05) is 16.6 Å². The second-order valence-corrected chi connectivity index (χ2v) is 5.62. The Labute approximate surface area is 135 Å². The van der Waals surface area contributed by atoms with E-state index in [0.29, 0.717) is 23.0 Å². The lowest BCUT2D eigenvalue weighted by atomic mass is 10.0. The summed E-state index contributed by atoms with van der Waals surface area (Å²) in [6.45, 7) is 1.53. The van der Waals surface area contributed by atoms with E-state index < -0.39 is 0 Å².